The molecule has 1 unspecified atom stereocenters. The molecule has 0 spiro atoms. The molecule has 8 nitrogen and oxygen atoms in total. The van der Waals surface area contributed by atoms with Gasteiger partial charge in [0.15, 0.2) is 0 Å². The van der Waals surface area contributed by atoms with Gasteiger partial charge in [-0.05, 0) is 88.3 Å². The van der Waals surface area contributed by atoms with Crippen molar-refractivity contribution < 1.29 is 19.4 Å². The van der Waals surface area contributed by atoms with Gasteiger partial charge in [-0.1, -0.05) is 29.3 Å². The van der Waals surface area contributed by atoms with Crippen LogP contribution in [-0.2, 0) is 18.3 Å². The molecule has 5 rings (SSSR count). The molecule has 2 aromatic heterocycles. The lowest BCUT2D eigenvalue weighted by molar-refractivity contribution is -0.141. The van der Waals surface area contributed by atoms with Crippen molar-refractivity contribution in [1.82, 2.24) is 19.7 Å². The minimum absolute atomic E-state index is 0.312. The highest BCUT2D eigenvalue weighted by atomic mass is 35.5. The van der Waals surface area contributed by atoms with E-state index in [0.717, 1.165) is 60.9 Å². The number of H-pyrrole nitrogens is 1. The Morgan fingerprint density at radius 1 is 1.12 bits per heavy atom. The fraction of sp³-hybridized carbons (Fsp3) is 0.387. The summed E-state index contributed by atoms with van der Waals surface area (Å²) in [7, 11) is 1.89. The van der Waals surface area contributed by atoms with Crippen LogP contribution in [0.3, 0.4) is 0 Å². The number of ether oxygens (including phenoxy) is 1. The summed E-state index contributed by atoms with van der Waals surface area (Å²) in [5.41, 5.74) is 7.35. The van der Waals surface area contributed by atoms with Crippen molar-refractivity contribution in [3.05, 3.63) is 68.1 Å². The van der Waals surface area contributed by atoms with Crippen molar-refractivity contribution in [2.24, 2.45) is 7.05 Å². The molecule has 0 bridgehead atoms. The second-order valence-electron chi connectivity index (χ2n) is 10.8. The number of carboxylic acid groups (broad SMARTS) is 1. The number of amides is 1. The van der Waals surface area contributed by atoms with Crippen LogP contribution >= 0.6 is 23.2 Å². The van der Waals surface area contributed by atoms with Crippen LogP contribution in [0.2, 0.25) is 10.0 Å². The van der Waals surface area contributed by atoms with Crippen LogP contribution in [0.15, 0.2) is 24.3 Å². The van der Waals surface area contributed by atoms with Crippen molar-refractivity contribution in [2.45, 2.75) is 59.4 Å². The lowest BCUT2D eigenvalue weighted by Crippen LogP contribution is -2.40. The van der Waals surface area contributed by atoms with Gasteiger partial charge in [0.1, 0.15) is 17.5 Å². The van der Waals surface area contributed by atoms with Crippen LogP contribution < -0.4 is 4.74 Å². The Morgan fingerprint density at radius 2 is 1.83 bits per heavy atom. The zero-order valence-electron chi connectivity index (χ0n) is 23.9. The zero-order valence-corrected chi connectivity index (χ0v) is 25.4. The topological polar surface area (TPSA) is 100 Å². The van der Waals surface area contributed by atoms with Gasteiger partial charge in [0, 0.05) is 40.8 Å². The second-order valence-corrected chi connectivity index (χ2v) is 11.6. The van der Waals surface area contributed by atoms with Gasteiger partial charge in [-0.2, -0.15) is 5.10 Å². The van der Waals surface area contributed by atoms with Crippen molar-refractivity contribution in [3.63, 3.8) is 0 Å². The van der Waals surface area contributed by atoms with E-state index in [4.69, 9.17) is 27.9 Å². The summed E-state index contributed by atoms with van der Waals surface area (Å²) in [4.78, 5) is 30.7. The first-order chi connectivity index (χ1) is 19.5. The number of aryl methyl sites for hydroxylation is 5. The number of halogens is 2. The maximum absolute atomic E-state index is 13.9. The highest BCUT2D eigenvalue weighted by molar-refractivity contribution is 6.35. The Kier molecular flexibility index (Phi) is 8.08. The molecule has 1 saturated heterocycles. The highest BCUT2D eigenvalue weighted by Gasteiger charge is 2.36. The Hall–Kier alpha value is -3.49. The third-order valence-electron chi connectivity index (χ3n) is 8.05. The molecule has 10 heteroatoms. The lowest BCUT2D eigenvalue weighted by Gasteiger charge is -2.21. The number of hydrogen-bond donors (Lipinski definition) is 2. The molecule has 1 aliphatic rings. The third-order valence-corrected chi connectivity index (χ3v) is 8.96. The number of aliphatic carboxylic acids is 1. The van der Waals surface area contributed by atoms with Crippen molar-refractivity contribution >= 4 is 46.0 Å². The molecule has 2 N–H and O–H groups in total. The number of carboxylic acids is 1. The van der Waals surface area contributed by atoms with E-state index in [2.05, 4.69) is 10.1 Å². The van der Waals surface area contributed by atoms with Crippen LogP contribution in [0.4, 0.5) is 0 Å². The van der Waals surface area contributed by atoms with E-state index in [1.165, 1.54) is 4.90 Å². The normalized spacial score (nSPS) is 15.2. The standard InChI is InChI=1S/C31H34Cl2N4O4/c1-16-14-20(15-17(2)27(16)33)41-13-7-8-21-22-10-11-23(32)26(25-18(3)35-36(5)19(25)4)28(22)34-29(21)30(38)37-12-6-9-24(37)31(39)40/h10-11,14-15,24,34H,6-9,12-13H2,1-5H3,(H,39,40). The molecular formula is C31H34Cl2N4O4. The average molecular weight is 598 g/mol. The van der Waals surface area contributed by atoms with E-state index in [9.17, 15) is 14.7 Å². The quantitative estimate of drug-likeness (QED) is 0.218. The number of nitrogens with zero attached hydrogens (tertiary/aromatic N) is 3. The Labute approximate surface area is 249 Å². The van der Waals surface area contributed by atoms with E-state index in [1.807, 2.05) is 63.7 Å². The van der Waals surface area contributed by atoms with Crippen molar-refractivity contribution in [1.29, 1.82) is 0 Å². The molecule has 4 aromatic rings. The number of aromatic amines is 1. The smallest absolute Gasteiger partial charge is 0.326 e. The summed E-state index contributed by atoms with van der Waals surface area (Å²) in [6, 6.07) is 6.77. The summed E-state index contributed by atoms with van der Waals surface area (Å²) in [6.07, 6.45) is 2.27. The van der Waals surface area contributed by atoms with Crippen LogP contribution in [0.1, 0.15) is 57.8 Å². The predicted octanol–water partition coefficient (Wildman–Crippen LogP) is 6.81. The summed E-state index contributed by atoms with van der Waals surface area (Å²) in [6.45, 7) is 8.65. The molecule has 1 amide bonds. The van der Waals surface area contributed by atoms with E-state index in [1.54, 1.807) is 0 Å². The van der Waals surface area contributed by atoms with Gasteiger partial charge >= 0.3 is 5.97 Å². The number of benzene rings is 2. The average Bonchev–Trinajstić information content (AvgIpc) is 3.62. The van der Waals surface area contributed by atoms with E-state index in [-0.39, 0.29) is 5.91 Å². The molecule has 41 heavy (non-hydrogen) atoms. The van der Waals surface area contributed by atoms with Gasteiger partial charge in [0.25, 0.3) is 5.91 Å². The fourth-order valence-corrected chi connectivity index (χ4v) is 6.32. The van der Waals surface area contributed by atoms with E-state index < -0.39 is 12.0 Å². The van der Waals surface area contributed by atoms with Gasteiger partial charge in [0.2, 0.25) is 0 Å². The first-order valence-corrected chi connectivity index (χ1v) is 14.5. The summed E-state index contributed by atoms with van der Waals surface area (Å²) in [5.74, 6) is -0.550. The number of hydrogen-bond acceptors (Lipinski definition) is 4. The molecule has 0 aliphatic carbocycles. The molecule has 1 atom stereocenters. The zero-order chi connectivity index (χ0) is 29.6. The molecule has 0 saturated carbocycles. The predicted molar refractivity (Wildman–Crippen MR) is 161 cm³/mol. The van der Waals surface area contributed by atoms with Gasteiger partial charge < -0.3 is 19.7 Å². The number of rotatable bonds is 8. The fourth-order valence-electron chi connectivity index (χ4n) is 5.95. The first kappa shape index (κ1) is 29.0. The molecular weight excluding hydrogens is 563 g/mol. The molecule has 216 valence electrons. The Bertz CT molecular complexity index is 1650. The molecule has 2 aromatic carbocycles. The van der Waals surface area contributed by atoms with Crippen LogP contribution in [0.5, 0.6) is 5.75 Å². The highest BCUT2D eigenvalue weighted by Crippen LogP contribution is 2.41. The van der Waals surface area contributed by atoms with Gasteiger partial charge in [-0.25, -0.2) is 4.79 Å². The maximum atomic E-state index is 13.9. The number of aromatic nitrogens is 3. The Morgan fingerprint density at radius 3 is 2.46 bits per heavy atom. The minimum atomic E-state index is -0.985. The minimum Gasteiger partial charge on any atom is -0.494 e. The number of likely N-dealkylation sites (tertiary alicyclic amines) is 1. The number of nitrogens with one attached hydrogen (secondary N) is 1. The summed E-state index contributed by atoms with van der Waals surface area (Å²) >= 11 is 13.1. The second kappa shape index (κ2) is 11.4. The van der Waals surface area contributed by atoms with E-state index >= 15 is 0 Å². The molecule has 3 heterocycles. The monoisotopic (exact) mass is 596 g/mol. The number of carbonyl (C=O) groups is 2. The maximum Gasteiger partial charge on any atom is 0.326 e. The van der Waals surface area contributed by atoms with Crippen LogP contribution in [-0.4, -0.2) is 55.8 Å². The van der Waals surface area contributed by atoms with Crippen LogP contribution in [0, 0.1) is 27.7 Å². The van der Waals surface area contributed by atoms with E-state index in [0.29, 0.717) is 49.6 Å². The molecule has 1 aliphatic heterocycles. The lowest BCUT2D eigenvalue weighted by atomic mass is 9.98. The SMILES string of the molecule is Cc1cc(OCCCc2c(C(=O)N3CCCC3C(=O)O)[nH]c3c(-c4c(C)nn(C)c4C)c(Cl)ccc23)cc(C)c1Cl. The molecule has 1 fully saturated rings. The largest absolute Gasteiger partial charge is 0.494 e. The summed E-state index contributed by atoms with van der Waals surface area (Å²) in [5, 5.41) is 16.5. The van der Waals surface area contributed by atoms with Gasteiger partial charge in [0.05, 0.1) is 22.8 Å². The van der Waals surface area contributed by atoms with Crippen molar-refractivity contribution in [2.75, 3.05) is 13.2 Å². The van der Waals surface area contributed by atoms with Gasteiger partial charge in [-0.15, -0.1) is 0 Å². The van der Waals surface area contributed by atoms with Gasteiger partial charge in [-0.3, -0.25) is 9.48 Å². The molecule has 0 radical (unpaired) electrons. The number of fused-ring (bicyclic) bond motifs is 1. The summed E-state index contributed by atoms with van der Waals surface area (Å²) < 4.78 is 7.87. The van der Waals surface area contributed by atoms with Crippen LogP contribution in [0.25, 0.3) is 22.0 Å². The Balaban J connectivity index is 1.54. The third kappa shape index (κ3) is 5.31. The number of carbonyl (C=O) groups excluding carboxylic acids is 1. The van der Waals surface area contributed by atoms with Crippen molar-refractivity contribution in [3.8, 4) is 16.9 Å². The first-order valence-electron chi connectivity index (χ1n) is 13.8.